The summed E-state index contributed by atoms with van der Waals surface area (Å²) in [7, 11) is 1.67. The Labute approximate surface area is 373 Å². The quantitative estimate of drug-likeness (QED) is 0.0214. The second kappa shape index (κ2) is 44.6. The molecule has 9 heteroatoms. The van der Waals surface area contributed by atoms with Crippen LogP contribution in [-0.2, 0) is 27.9 Å². The third-order valence-corrected chi connectivity index (χ3v) is 12.2. The Morgan fingerprint density at radius 2 is 0.933 bits per heavy atom. The number of quaternary nitrogens is 1. The van der Waals surface area contributed by atoms with Gasteiger partial charge in [-0.15, -0.1) is 0 Å². The molecule has 0 aliphatic rings. The van der Waals surface area contributed by atoms with Gasteiger partial charge in [-0.2, -0.15) is 0 Å². The van der Waals surface area contributed by atoms with Crippen molar-refractivity contribution >= 4 is 13.8 Å². The average molecular weight is 871 g/mol. The van der Waals surface area contributed by atoms with Gasteiger partial charge in [0.15, 0.2) is 0 Å². The van der Waals surface area contributed by atoms with Gasteiger partial charge in [-0.1, -0.05) is 218 Å². The summed E-state index contributed by atoms with van der Waals surface area (Å²) in [6.45, 7) is 5.61. The van der Waals surface area contributed by atoms with E-state index in [0.717, 1.165) is 57.8 Å². The number of hydrogen-bond acceptors (Lipinski definition) is 6. The lowest BCUT2D eigenvalue weighted by molar-refractivity contribution is -0.870. The third kappa shape index (κ3) is 48.0. The highest BCUT2D eigenvalue weighted by atomic mass is 31.2. The Hall–Kier alpha value is -1.02. The maximum atomic E-state index is 12.7. The van der Waals surface area contributed by atoms with Crippen molar-refractivity contribution in [3.63, 3.8) is 0 Å². The molecule has 0 saturated carbocycles. The summed E-state index contributed by atoms with van der Waals surface area (Å²) in [6.07, 6.45) is 52.3. The van der Waals surface area contributed by atoms with Crippen molar-refractivity contribution in [2.24, 2.45) is 0 Å². The number of rotatable bonds is 48. The number of carbonyl (C=O) groups excluding carboxylic acids is 1. The number of carbonyl (C=O) groups is 1. The van der Waals surface area contributed by atoms with Crippen LogP contribution in [0.5, 0.6) is 0 Å². The average Bonchev–Trinajstić information content (AvgIpc) is 3.20. The summed E-state index contributed by atoms with van der Waals surface area (Å²) in [5.74, 6) is -0.323. The Balaban J connectivity index is 4.05. The lowest BCUT2D eigenvalue weighted by Crippen LogP contribution is -2.37. The van der Waals surface area contributed by atoms with Crippen molar-refractivity contribution in [3.05, 3.63) is 24.3 Å². The molecule has 0 amide bonds. The highest BCUT2D eigenvalue weighted by Gasteiger charge is 2.26. The molecule has 0 radical (unpaired) electrons. The molecule has 60 heavy (non-hydrogen) atoms. The standard InChI is InChI=1S/C51H100NO7P/c1-6-8-10-12-14-16-18-20-22-23-24-25-26-27-28-29-30-31-33-35-37-39-41-43-46-56-48-50(49-58-60(54,55)57-47-45-52(3,4)5)59-51(53)44-42-40-38-36-34-32-21-19-17-15-13-11-9-7-2/h13,15,19,21,50H,6-12,14,16-18,20,22-49H2,1-5H3/p+1/b15-13-,21-19-. The van der Waals surface area contributed by atoms with Crippen LogP contribution in [-0.4, -0.2) is 75.6 Å². The zero-order chi connectivity index (χ0) is 44.1. The molecule has 0 aromatic heterocycles. The Bertz CT molecular complexity index is 1010. The first-order valence-corrected chi connectivity index (χ1v) is 27.1. The van der Waals surface area contributed by atoms with E-state index in [0.29, 0.717) is 24.1 Å². The van der Waals surface area contributed by atoms with E-state index in [1.54, 1.807) is 0 Å². The maximum absolute atomic E-state index is 12.7. The minimum atomic E-state index is -4.28. The van der Waals surface area contributed by atoms with E-state index in [-0.39, 0.29) is 25.8 Å². The Kier molecular flexibility index (Phi) is 43.8. The predicted molar refractivity (Wildman–Crippen MR) is 257 cm³/mol. The Morgan fingerprint density at radius 1 is 0.517 bits per heavy atom. The van der Waals surface area contributed by atoms with Crippen LogP contribution in [0.15, 0.2) is 24.3 Å². The summed E-state index contributed by atoms with van der Waals surface area (Å²) >= 11 is 0. The van der Waals surface area contributed by atoms with Crippen LogP contribution < -0.4 is 0 Å². The molecule has 0 rings (SSSR count). The fraction of sp³-hybridized carbons (Fsp3) is 0.902. The van der Waals surface area contributed by atoms with Gasteiger partial charge in [0.25, 0.3) is 0 Å². The lowest BCUT2D eigenvalue weighted by atomic mass is 10.0. The van der Waals surface area contributed by atoms with E-state index in [4.69, 9.17) is 18.5 Å². The van der Waals surface area contributed by atoms with E-state index < -0.39 is 13.9 Å². The SMILES string of the molecule is CCCC/C=C\C/C=C\CCCCCCCC(=O)OC(COCCCCCCCCCCCCCCCCCCCCCCCCCC)COP(=O)(O)OCC[N+](C)(C)C. The van der Waals surface area contributed by atoms with Crippen molar-refractivity contribution in [3.8, 4) is 0 Å². The van der Waals surface area contributed by atoms with Gasteiger partial charge in [0.1, 0.15) is 19.3 Å². The van der Waals surface area contributed by atoms with Gasteiger partial charge in [-0.05, 0) is 38.5 Å². The van der Waals surface area contributed by atoms with Gasteiger partial charge in [0, 0.05) is 13.0 Å². The highest BCUT2D eigenvalue weighted by molar-refractivity contribution is 7.47. The van der Waals surface area contributed by atoms with E-state index in [2.05, 4.69) is 38.2 Å². The smallest absolute Gasteiger partial charge is 0.457 e. The summed E-state index contributed by atoms with van der Waals surface area (Å²) < 4.78 is 35.1. The first-order chi connectivity index (χ1) is 29.1. The molecule has 0 bridgehead atoms. The molecular formula is C51H101NO7P+. The molecule has 2 atom stereocenters. The number of nitrogens with zero attached hydrogens (tertiary/aromatic N) is 1. The molecule has 0 aliphatic carbocycles. The normalized spacial score (nSPS) is 13.8. The lowest BCUT2D eigenvalue weighted by Gasteiger charge is -2.24. The molecule has 2 unspecified atom stereocenters. The molecular weight excluding hydrogens is 770 g/mol. The monoisotopic (exact) mass is 871 g/mol. The first-order valence-electron chi connectivity index (χ1n) is 25.6. The third-order valence-electron chi connectivity index (χ3n) is 11.3. The van der Waals surface area contributed by atoms with Gasteiger partial charge in [0.2, 0.25) is 0 Å². The second-order valence-corrected chi connectivity index (χ2v) is 20.0. The second-order valence-electron chi connectivity index (χ2n) is 18.6. The molecule has 0 aliphatic heterocycles. The van der Waals surface area contributed by atoms with Crippen molar-refractivity contribution in [1.29, 1.82) is 0 Å². The largest absolute Gasteiger partial charge is 0.472 e. The highest BCUT2D eigenvalue weighted by Crippen LogP contribution is 2.43. The molecule has 356 valence electrons. The maximum Gasteiger partial charge on any atom is 0.472 e. The summed E-state index contributed by atoms with van der Waals surface area (Å²) in [6, 6.07) is 0. The summed E-state index contributed by atoms with van der Waals surface area (Å²) in [5, 5.41) is 0. The van der Waals surface area contributed by atoms with E-state index in [1.165, 1.54) is 161 Å². The van der Waals surface area contributed by atoms with Gasteiger partial charge in [-0.25, -0.2) is 4.57 Å². The van der Waals surface area contributed by atoms with Crippen molar-refractivity contribution in [2.45, 2.75) is 245 Å². The molecule has 0 aromatic carbocycles. The zero-order valence-corrected chi connectivity index (χ0v) is 41.4. The number of hydrogen-bond donors (Lipinski definition) is 1. The number of allylic oxidation sites excluding steroid dienone is 4. The van der Waals surface area contributed by atoms with Gasteiger partial charge >= 0.3 is 13.8 Å². The number of ether oxygens (including phenoxy) is 2. The summed E-state index contributed by atoms with van der Waals surface area (Å²) in [4.78, 5) is 22.9. The zero-order valence-electron chi connectivity index (χ0n) is 40.5. The molecule has 8 nitrogen and oxygen atoms in total. The molecule has 0 fully saturated rings. The molecule has 0 aromatic rings. The van der Waals surface area contributed by atoms with Crippen LogP contribution in [0.25, 0.3) is 0 Å². The minimum absolute atomic E-state index is 0.0878. The fourth-order valence-electron chi connectivity index (χ4n) is 7.28. The van der Waals surface area contributed by atoms with Gasteiger partial charge in [-0.3, -0.25) is 13.8 Å². The van der Waals surface area contributed by atoms with Crippen LogP contribution in [0, 0.1) is 0 Å². The van der Waals surface area contributed by atoms with E-state index in [9.17, 15) is 14.3 Å². The van der Waals surface area contributed by atoms with Gasteiger partial charge in [0.05, 0.1) is 34.4 Å². The predicted octanol–water partition coefficient (Wildman–Crippen LogP) is 15.6. The molecule has 0 spiro atoms. The summed E-state index contributed by atoms with van der Waals surface area (Å²) in [5.41, 5.74) is 0. The minimum Gasteiger partial charge on any atom is -0.457 e. The van der Waals surface area contributed by atoms with Crippen LogP contribution in [0.3, 0.4) is 0 Å². The van der Waals surface area contributed by atoms with Crippen molar-refractivity contribution < 1.29 is 37.3 Å². The molecule has 0 saturated heterocycles. The van der Waals surface area contributed by atoms with Crippen LogP contribution in [0.1, 0.15) is 239 Å². The number of phosphoric ester groups is 1. The van der Waals surface area contributed by atoms with Gasteiger partial charge < -0.3 is 18.9 Å². The van der Waals surface area contributed by atoms with Crippen molar-refractivity contribution in [1.82, 2.24) is 0 Å². The Morgan fingerprint density at radius 3 is 1.40 bits per heavy atom. The molecule has 0 heterocycles. The van der Waals surface area contributed by atoms with Crippen LogP contribution in [0.2, 0.25) is 0 Å². The molecule has 1 N–H and O–H groups in total. The number of esters is 1. The number of unbranched alkanes of at least 4 members (excludes halogenated alkanes) is 30. The number of likely N-dealkylation sites (N-methyl/N-ethyl adjacent to an activating group) is 1. The van der Waals surface area contributed by atoms with E-state index >= 15 is 0 Å². The first kappa shape index (κ1) is 59.0. The fourth-order valence-corrected chi connectivity index (χ4v) is 8.02. The topological polar surface area (TPSA) is 91.3 Å². The van der Waals surface area contributed by atoms with Crippen LogP contribution in [0.4, 0.5) is 0 Å². The van der Waals surface area contributed by atoms with Crippen molar-refractivity contribution in [2.75, 3.05) is 54.1 Å². The number of phosphoric acid groups is 1. The van der Waals surface area contributed by atoms with Crippen LogP contribution >= 0.6 is 7.82 Å². The van der Waals surface area contributed by atoms with E-state index in [1.807, 2.05) is 21.1 Å².